The molecular weight excluding hydrogens is 272 g/mol. The van der Waals surface area contributed by atoms with Crippen LogP contribution in [0.25, 0.3) is 11.3 Å². The Morgan fingerprint density at radius 1 is 0.909 bits per heavy atom. The van der Waals surface area contributed by atoms with Gasteiger partial charge in [0.15, 0.2) is 0 Å². The lowest BCUT2D eigenvalue weighted by atomic mass is 10.1. The first-order chi connectivity index (χ1) is 10.6. The molecule has 0 saturated heterocycles. The van der Waals surface area contributed by atoms with Crippen molar-refractivity contribution in [3.63, 3.8) is 0 Å². The first kappa shape index (κ1) is 14.1. The summed E-state index contributed by atoms with van der Waals surface area (Å²) in [7, 11) is 0. The van der Waals surface area contributed by atoms with Crippen molar-refractivity contribution in [1.82, 2.24) is 4.98 Å². The Balaban J connectivity index is 1.82. The lowest BCUT2D eigenvalue weighted by molar-refractivity contribution is 0.102. The average Bonchev–Trinajstić information content (AvgIpc) is 3.03. The minimum absolute atomic E-state index is 0.129. The summed E-state index contributed by atoms with van der Waals surface area (Å²) >= 11 is 0. The minimum atomic E-state index is -0.129. The molecule has 2 aromatic carbocycles. The van der Waals surface area contributed by atoms with E-state index < -0.39 is 0 Å². The van der Waals surface area contributed by atoms with Gasteiger partial charge < -0.3 is 10.3 Å². The zero-order valence-electron chi connectivity index (χ0n) is 12.7. The topological polar surface area (TPSA) is 44.9 Å². The molecule has 1 aromatic heterocycles. The van der Waals surface area contributed by atoms with Gasteiger partial charge in [-0.1, -0.05) is 42.5 Å². The predicted molar refractivity (Wildman–Crippen MR) is 90.1 cm³/mol. The van der Waals surface area contributed by atoms with E-state index in [4.69, 9.17) is 0 Å². The smallest absolute Gasteiger partial charge is 0.272 e. The number of H-pyrrole nitrogens is 1. The third kappa shape index (κ3) is 2.79. The van der Waals surface area contributed by atoms with Crippen LogP contribution in [-0.4, -0.2) is 10.9 Å². The Hall–Kier alpha value is -2.81. The highest BCUT2D eigenvalue weighted by molar-refractivity contribution is 6.04. The van der Waals surface area contributed by atoms with Crippen LogP contribution in [0.5, 0.6) is 0 Å². The molecule has 0 bridgehead atoms. The van der Waals surface area contributed by atoms with Crippen LogP contribution in [0.1, 0.15) is 21.6 Å². The fraction of sp³-hybridized carbons (Fsp3) is 0.105. The zero-order chi connectivity index (χ0) is 15.5. The van der Waals surface area contributed by atoms with E-state index in [1.165, 1.54) is 0 Å². The Kier molecular flexibility index (Phi) is 3.79. The third-order valence-corrected chi connectivity index (χ3v) is 3.87. The Morgan fingerprint density at radius 3 is 2.45 bits per heavy atom. The van der Waals surface area contributed by atoms with Crippen molar-refractivity contribution in [2.75, 3.05) is 5.32 Å². The Bertz CT molecular complexity index is 803. The van der Waals surface area contributed by atoms with Gasteiger partial charge in [0.1, 0.15) is 5.69 Å². The first-order valence-electron chi connectivity index (χ1n) is 7.27. The average molecular weight is 290 g/mol. The first-order valence-corrected chi connectivity index (χ1v) is 7.27. The Labute approximate surface area is 130 Å². The van der Waals surface area contributed by atoms with Crippen LogP contribution >= 0.6 is 0 Å². The quantitative estimate of drug-likeness (QED) is 0.730. The summed E-state index contributed by atoms with van der Waals surface area (Å²) in [5, 5.41) is 2.96. The largest absolute Gasteiger partial charge is 0.351 e. The van der Waals surface area contributed by atoms with E-state index in [1.807, 2.05) is 74.5 Å². The summed E-state index contributed by atoms with van der Waals surface area (Å²) in [4.78, 5) is 15.6. The summed E-state index contributed by atoms with van der Waals surface area (Å²) in [5.41, 5.74) is 5.65. The molecule has 3 aromatic rings. The molecule has 0 aliphatic rings. The van der Waals surface area contributed by atoms with E-state index in [-0.39, 0.29) is 5.91 Å². The van der Waals surface area contributed by atoms with Gasteiger partial charge in [0, 0.05) is 11.4 Å². The number of anilines is 1. The lowest BCUT2D eigenvalue weighted by Crippen LogP contribution is -2.13. The van der Waals surface area contributed by atoms with Crippen LogP contribution in [0.2, 0.25) is 0 Å². The van der Waals surface area contributed by atoms with E-state index in [1.54, 1.807) is 0 Å². The van der Waals surface area contributed by atoms with Gasteiger partial charge in [-0.05, 0) is 48.7 Å². The second-order valence-electron chi connectivity index (χ2n) is 5.35. The molecule has 2 N–H and O–H groups in total. The number of nitrogens with one attached hydrogen (secondary N) is 2. The molecule has 0 aliphatic heterocycles. The molecule has 3 rings (SSSR count). The number of carbonyl (C=O) groups is 1. The molecule has 1 heterocycles. The van der Waals surface area contributed by atoms with Crippen LogP contribution < -0.4 is 5.32 Å². The summed E-state index contributed by atoms with van der Waals surface area (Å²) in [5.74, 6) is -0.129. The minimum Gasteiger partial charge on any atom is -0.351 e. The highest BCUT2D eigenvalue weighted by atomic mass is 16.1. The zero-order valence-corrected chi connectivity index (χ0v) is 12.7. The number of hydrogen-bond acceptors (Lipinski definition) is 1. The number of aromatic nitrogens is 1. The predicted octanol–water partition coefficient (Wildman–Crippen LogP) is 4.55. The van der Waals surface area contributed by atoms with Crippen molar-refractivity contribution in [3.8, 4) is 11.3 Å². The van der Waals surface area contributed by atoms with Crippen LogP contribution in [0.15, 0.2) is 60.7 Å². The van der Waals surface area contributed by atoms with Crippen molar-refractivity contribution < 1.29 is 4.79 Å². The second kappa shape index (κ2) is 5.90. The SMILES string of the molecule is Cc1cccc(NC(=O)c2ccc(-c3ccccc3)[nH]2)c1C. The number of benzene rings is 2. The van der Waals surface area contributed by atoms with Crippen molar-refractivity contribution in [2.24, 2.45) is 0 Å². The fourth-order valence-corrected chi connectivity index (χ4v) is 2.39. The van der Waals surface area contributed by atoms with Gasteiger partial charge >= 0.3 is 0 Å². The summed E-state index contributed by atoms with van der Waals surface area (Å²) in [6.45, 7) is 4.04. The molecule has 1 amide bonds. The molecule has 110 valence electrons. The number of aryl methyl sites for hydroxylation is 1. The monoisotopic (exact) mass is 290 g/mol. The van der Waals surface area contributed by atoms with Crippen LogP contribution in [0.3, 0.4) is 0 Å². The molecule has 0 spiro atoms. The normalized spacial score (nSPS) is 10.5. The molecular formula is C19H18N2O. The van der Waals surface area contributed by atoms with Crippen molar-refractivity contribution in [1.29, 1.82) is 0 Å². The van der Waals surface area contributed by atoms with Gasteiger partial charge in [0.2, 0.25) is 0 Å². The lowest BCUT2D eigenvalue weighted by Gasteiger charge is -2.09. The van der Waals surface area contributed by atoms with Gasteiger partial charge in [-0.25, -0.2) is 0 Å². The van der Waals surface area contributed by atoms with Crippen molar-refractivity contribution in [3.05, 3.63) is 77.5 Å². The van der Waals surface area contributed by atoms with E-state index in [0.717, 1.165) is 28.1 Å². The van der Waals surface area contributed by atoms with Gasteiger partial charge in [-0.3, -0.25) is 4.79 Å². The molecule has 0 aliphatic carbocycles. The van der Waals surface area contributed by atoms with E-state index in [9.17, 15) is 4.79 Å². The van der Waals surface area contributed by atoms with Crippen molar-refractivity contribution >= 4 is 11.6 Å². The van der Waals surface area contributed by atoms with E-state index >= 15 is 0 Å². The summed E-state index contributed by atoms with van der Waals surface area (Å²) < 4.78 is 0. The highest BCUT2D eigenvalue weighted by Gasteiger charge is 2.11. The van der Waals surface area contributed by atoms with Gasteiger partial charge in [0.25, 0.3) is 5.91 Å². The maximum atomic E-state index is 12.4. The van der Waals surface area contributed by atoms with Crippen LogP contribution in [0, 0.1) is 13.8 Å². The standard InChI is InChI=1S/C19H18N2O/c1-13-7-6-10-16(14(13)2)21-19(22)18-12-11-17(20-18)15-8-4-3-5-9-15/h3-12,20H,1-2H3,(H,21,22). The molecule has 0 saturated carbocycles. The maximum absolute atomic E-state index is 12.4. The molecule has 0 fully saturated rings. The summed E-state index contributed by atoms with van der Waals surface area (Å²) in [6, 6.07) is 19.6. The van der Waals surface area contributed by atoms with E-state index in [0.29, 0.717) is 5.69 Å². The fourth-order valence-electron chi connectivity index (χ4n) is 2.39. The number of rotatable bonds is 3. The second-order valence-corrected chi connectivity index (χ2v) is 5.35. The molecule has 3 heteroatoms. The number of carbonyl (C=O) groups excluding carboxylic acids is 1. The molecule has 0 radical (unpaired) electrons. The number of hydrogen-bond donors (Lipinski definition) is 2. The summed E-state index contributed by atoms with van der Waals surface area (Å²) in [6.07, 6.45) is 0. The molecule has 3 nitrogen and oxygen atoms in total. The van der Waals surface area contributed by atoms with E-state index in [2.05, 4.69) is 10.3 Å². The maximum Gasteiger partial charge on any atom is 0.272 e. The van der Waals surface area contributed by atoms with Gasteiger partial charge in [-0.2, -0.15) is 0 Å². The molecule has 0 atom stereocenters. The van der Waals surface area contributed by atoms with Crippen LogP contribution in [0.4, 0.5) is 5.69 Å². The van der Waals surface area contributed by atoms with Crippen molar-refractivity contribution in [2.45, 2.75) is 13.8 Å². The highest BCUT2D eigenvalue weighted by Crippen LogP contribution is 2.21. The third-order valence-electron chi connectivity index (χ3n) is 3.87. The molecule has 22 heavy (non-hydrogen) atoms. The van der Waals surface area contributed by atoms with Crippen LogP contribution in [-0.2, 0) is 0 Å². The number of amides is 1. The molecule has 0 unspecified atom stereocenters. The Morgan fingerprint density at radius 2 is 1.68 bits per heavy atom. The van der Waals surface area contributed by atoms with Gasteiger partial charge in [-0.15, -0.1) is 0 Å². The number of aromatic amines is 1. The van der Waals surface area contributed by atoms with Gasteiger partial charge in [0.05, 0.1) is 0 Å².